The Morgan fingerprint density at radius 2 is 1.71 bits per heavy atom. The van der Waals surface area contributed by atoms with Crippen molar-refractivity contribution in [3.05, 3.63) is 71.3 Å². The predicted molar refractivity (Wildman–Crippen MR) is 95.8 cm³/mol. The smallest absolute Gasteiger partial charge is 0.416 e. The minimum atomic E-state index is -4.43. The molecule has 1 atom stereocenters. The van der Waals surface area contributed by atoms with E-state index in [0.29, 0.717) is 16.8 Å². The molecule has 0 bridgehead atoms. The fraction of sp³-hybridized carbons (Fsp3) is 0.150. The molecule has 1 N–H and O–H groups in total. The lowest BCUT2D eigenvalue weighted by Gasteiger charge is -2.12. The van der Waals surface area contributed by atoms with Crippen LogP contribution < -0.4 is 5.32 Å². The Morgan fingerprint density at radius 1 is 1.11 bits per heavy atom. The van der Waals surface area contributed by atoms with Crippen LogP contribution in [0.5, 0.6) is 0 Å². The summed E-state index contributed by atoms with van der Waals surface area (Å²) in [5.74, 6) is -1.39. The summed E-state index contributed by atoms with van der Waals surface area (Å²) in [5.41, 5.74) is 0.457. The number of halogens is 3. The quantitative estimate of drug-likeness (QED) is 0.616. The highest BCUT2D eigenvalue weighted by Gasteiger charge is 2.29. The van der Waals surface area contributed by atoms with Crippen LogP contribution >= 0.6 is 0 Å². The van der Waals surface area contributed by atoms with E-state index in [9.17, 15) is 22.8 Å². The zero-order chi connectivity index (χ0) is 20.7. The van der Waals surface area contributed by atoms with E-state index in [4.69, 9.17) is 10.00 Å². The number of benzene rings is 2. The van der Waals surface area contributed by atoms with E-state index < -0.39 is 29.7 Å². The van der Waals surface area contributed by atoms with Crippen molar-refractivity contribution in [1.29, 1.82) is 5.26 Å². The molecular formula is C20H15F3N2O3. The van der Waals surface area contributed by atoms with Gasteiger partial charge in [-0.3, -0.25) is 4.79 Å². The number of ether oxygens (including phenoxy) is 1. The maximum atomic E-state index is 12.5. The van der Waals surface area contributed by atoms with Gasteiger partial charge in [0.15, 0.2) is 6.10 Å². The lowest BCUT2D eigenvalue weighted by atomic mass is 10.1. The molecule has 0 aromatic heterocycles. The van der Waals surface area contributed by atoms with Gasteiger partial charge >= 0.3 is 12.1 Å². The number of hydrogen-bond acceptors (Lipinski definition) is 4. The maximum Gasteiger partial charge on any atom is 0.416 e. The molecule has 0 saturated carbocycles. The third-order valence-electron chi connectivity index (χ3n) is 3.59. The van der Waals surface area contributed by atoms with E-state index in [1.165, 1.54) is 49.4 Å². The van der Waals surface area contributed by atoms with Crippen LogP contribution in [0.2, 0.25) is 0 Å². The molecule has 0 unspecified atom stereocenters. The Labute approximate surface area is 159 Å². The number of nitrogens with one attached hydrogen (secondary N) is 1. The molecule has 0 aliphatic rings. The standard InChI is InChI=1S/C20H15F3N2O3/c1-13(19(27)25-17-9-4-15(12-24)5-10-17)28-18(26)11-6-14-2-7-16(8-3-14)20(21,22)23/h2-11,13H,1H3,(H,25,27)/b11-6+/t13-/m1/s1. The van der Waals surface area contributed by atoms with E-state index >= 15 is 0 Å². The minimum Gasteiger partial charge on any atom is -0.449 e. The van der Waals surface area contributed by atoms with Crippen molar-refractivity contribution < 1.29 is 27.5 Å². The second kappa shape index (κ2) is 8.86. The van der Waals surface area contributed by atoms with Crippen molar-refractivity contribution in [3.63, 3.8) is 0 Å². The summed E-state index contributed by atoms with van der Waals surface area (Å²) in [6, 6.07) is 12.3. The fourth-order valence-corrected chi connectivity index (χ4v) is 2.09. The van der Waals surface area contributed by atoms with Crippen LogP contribution in [0.3, 0.4) is 0 Å². The minimum absolute atomic E-state index is 0.375. The topological polar surface area (TPSA) is 79.2 Å². The van der Waals surface area contributed by atoms with Crippen LogP contribution in [0.4, 0.5) is 18.9 Å². The number of carbonyl (C=O) groups is 2. The second-order valence-corrected chi connectivity index (χ2v) is 5.71. The molecule has 1 amide bonds. The first-order valence-electron chi connectivity index (χ1n) is 8.06. The van der Waals surface area contributed by atoms with Crippen LogP contribution in [0, 0.1) is 11.3 Å². The van der Waals surface area contributed by atoms with Crippen molar-refractivity contribution in [2.75, 3.05) is 5.32 Å². The van der Waals surface area contributed by atoms with Gasteiger partial charge in [-0.1, -0.05) is 12.1 Å². The molecule has 28 heavy (non-hydrogen) atoms. The van der Waals surface area contributed by atoms with E-state index in [2.05, 4.69) is 5.32 Å². The van der Waals surface area contributed by atoms with Crippen LogP contribution in [0.15, 0.2) is 54.6 Å². The zero-order valence-electron chi connectivity index (χ0n) is 14.7. The molecular weight excluding hydrogens is 373 g/mol. The van der Waals surface area contributed by atoms with Crippen molar-refractivity contribution in [2.24, 2.45) is 0 Å². The Hall–Kier alpha value is -3.60. The Bertz CT molecular complexity index is 912. The van der Waals surface area contributed by atoms with Crippen LogP contribution in [-0.4, -0.2) is 18.0 Å². The molecule has 0 saturated heterocycles. The van der Waals surface area contributed by atoms with Gasteiger partial charge in [0.05, 0.1) is 17.2 Å². The van der Waals surface area contributed by atoms with Gasteiger partial charge in [0, 0.05) is 11.8 Å². The van der Waals surface area contributed by atoms with Crippen molar-refractivity contribution in [3.8, 4) is 6.07 Å². The number of anilines is 1. The van der Waals surface area contributed by atoms with Crippen molar-refractivity contribution in [1.82, 2.24) is 0 Å². The predicted octanol–water partition coefficient (Wildman–Crippen LogP) is 4.16. The van der Waals surface area contributed by atoms with Crippen LogP contribution in [-0.2, 0) is 20.5 Å². The Morgan fingerprint density at radius 3 is 2.25 bits per heavy atom. The van der Waals surface area contributed by atoms with Gasteiger partial charge in [0.25, 0.3) is 5.91 Å². The molecule has 0 spiro atoms. The van der Waals surface area contributed by atoms with Crippen molar-refractivity contribution in [2.45, 2.75) is 19.2 Å². The average molecular weight is 388 g/mol. The Balaban J connectivity index is 1.89. The van der Waals surface area contributed by atoms with Crippen LogP contribution in [0.25, 0.3) is 6.08 Å². The van der Waals surface area contributed by atoms with Gasteiger partial charge in [-0.15, -0.1) is 0 Å². The highest BCUT2D eigenvalue weighted by atomic mass is 19.4. The largest absolute Gasteiger partial charge is 0.449 e. The first-order chi connectivity index (χ1) is 13.2. The second-order valence-electron chi connectivity index (χ2n) is 5.71. The third kappa shape index (κ3) is 5.99. The van der Waals surface area contributed by atoms with E-state index in [-0.39, 0.29) is 0 Å². The number of nitrogens with zero attached hydrogens (tertiary/aromatic N) is 1. The summed E-state index contributed by atoms with van der Waals surface area (Å²) in [5, 5.41) is 11.3. The van der Waals surface area contributed by atoms with Gasteiger partial charge in [0.2, 0.25) is 0 Å². The number of nitriles is 1. The first-order valence-corrected chi connectivity index (χ1v) is 8.06. The summed E-state index contributed by atoms with van der Waals surface area (Å²) in [4.78, 5) is 23.8. The molecule has 144 valence electrons. The summed E-state index contributed by atoms with van der Waals surface area (Å²) in [7, 11) is 0. The lowest BCUT2D eigenvalue weighted by Crippen LogP contribution is -2.29. The molecule has 0 aliphatic heterocycles. The lowest BCUT2D eigenvalue weighted by molar-refractivity contribution is -0.148. The number of carbonyl (C=O) groups excluding carboxylic acids is 2. The van der Waals surface area contributed by atoms with E-state index in [1.807, 2.05) is 6.07 Å². The molecule has 0 radical (unpaired) electrons. The van der Waals surface area contributed by atoms with Gasteiger partial charge in [-0.2, -0.15) is 18.4 Å². The number of amides is 1. The molecule has 0 heterocycles. The Kier molecular flexibility index (Phi) is 6.55. The van der Waals surface area contributed by atoms with Gasteiger partial charge < -0.3 is 10.1 Å². The highest BCUT2D eigenvalue weighted by Crippen LogP contribution is 2.29. The molecule has 2 aromatic carbocycles. The van der Waals surface area contributed by atoms with Gasteiger partial charge in [0.1, 0.15) is 0 Å². The SMILES string of the molecule is C[C@@H](OC(=O)/C=C/c1ccc(C(F)(F)F)cc1)C(=O)Nc1ccc(C#N)cc1. The molecule has 8 heteroatoms. The molecule has 5 nitrogen and oxygen atoms in total. The average Bonchev–Trinajstić information content (AvgIpc) is 2.66. The first kappa shape index (κ1) is 20.7. The zero-order valence-corrected chi connectivity index (χ0v) is 14.7. The number of alkyl halides is 3. The monoisotopic (exact) mass is 388 g/mol. The summed E-state index contributed by atoms with van der Waals surface area (Å²) in [6.07, 6.45) is -3.22. The molecule has 2 rings (SSSR count). The number of rotatable bonds is 5. The van der Waals surface area contributed by atoms with E-state index in [0.717, 1.165) is 18.2 Å². The number of esters is 1. The van der Waals surface area contributed by atoms with E-state index in [1.54, 1.807) is 0 Å². The van der Waals surface area contributed by atoms with Gasteiger partial charge in [-0.25, -0.2) is 4.79 Å². The summed E-state index contributed by atoms with van der Waals surface area (Å²) >= 11 is 0. The summed E-state index contributed by atoms with van der Waals surface area (Å²) in [6.45, 7) is 1.38. The number of hydrogen-bond donors (Lipinski definition) is 1. The third-order valence-corrected chi connectivity index (χ3v) is 3.59. The van der Waals surface area contributed by atoms with Gasteiger partial charge in [-0.05, 0) is 55.0 Å². The maximum absolute atomic E-state index is 12.5. The highest BCUT2D eigenvalue weighted by molar-refractivity contribution is 5.96. The van der Waals surface area contributed by atoms with Crippen LogP contribution in [0.1, 0.15) is 23.6 Å². The molecule has 0 aliphatic carbocycles. The summed E-state index contributed by atoms with van der Waals surface area (Å²) < 4.78 is 42.5. The fourth-order valence-electron chi connectivity index (χ4n) is 2.09. The molecule has 0 fully saturated rings. The normalized spacial score (nSPS) is 12.2. The molecule has 2 aromatic rings. The van der Waals surface area contributed by atoms with Crippen molar-refractivity contribution >= 4 is 23.6 Å².